The number of cyclic esters (lactones) is 1. The lowest BCUT2D eigenvalue weighted by Gasteiger charge is -2.37. The third kappa shape index (κ3) is 6.13. The van der Waals surface area contributed by atoms with Gasteiger partial charge in [0.25, 0.3) is 10.0 Å². The van der Waals surface area contributed by atoms with Crippen LogP contribution < -0.4 is 4.72 Å². The van der Waals surface area contributed by atoms with Gasteiger partial charge in [-0.1, -0.05) is 57.0 Å². The number of carbonyl (C=O) groups excluding carboxylic acids is 1. The molecule has 2 aromatic carbocycles. The fraction of sp³-hybridized carbons (Fsp3) is 0.379. The molecule has 0 bridgehead atoms. The van der Waals surface area contributed by atoms with E-state index >= 15 is 0 Å². The van der Waals surface area contributed by atoms with Gasteiger partial charge in [0.1, 0.15) is 16.3 Å². The van der Waals surface area contributed by atoms with Gasteiger partial charge in [-0.2, -0.15) is 0 Å². The molecule has 2 heterocycles. The van der Waals surface area contributed by atoms with Crippen LogP contribution in [0, 0.1) is 0 Å². The van der Waals surface area contributed by atoms with Crippen LogP contribution in [0.1, 0.15) is 64.4 Å². The molecule has 0 spiro atoms. The maximum absolute atomic E-state index is 13.1. The van der Waals surface area contributed by atoms with Crippen LogP contribution >= 0.6 is 0 Å². The van der Waals surface area contributed by atoms with E-state index in [-0.39, 0.29) is 10.7 Å². The minimum absolute atomic E-state index is 0.122. The molecule has 7 nitrogen and oxygen atoms in total. The van der Waals surface area contributed by atoms with Crippen LogP contribution in [0.15, 0.2) is 77.0 Å². The number of benzene rings is 2. The predicted octanol–water partition coefficient (Wildman–Crippen LogP) is 6.46. The van der Waals surface area contributed by atoms with Crippen molar-refractivity contribution in [2.24, 2.45) is 0 Å². The van der Waals surface area contributed by atoms with E-state index < -0.39 is 21.6 Å². The Morgan fingerprint density at radius 3 is 2.49 bits per heavy atom. The summed E-state index contributed by atoms with van der Waals surface area (Å²) in [4.78, 5) is 17.1. The molecule has 1 aliphatic heterocycles. The molecule has 0 atom stereocenters. The molecule has 0 unspecified atom stereocenters. The summed E-state index contributed by atoms with van der Waals surface area (Å²) in [6.45, 7) is 4.10. The number of anilines is 1. The van der Waals surface area contributed by atoms with Crippen LogP contribution in [0.3, 0.4) is 0 Å². The van der Waals surface area contributed by atoms with E-state index in [0.717, 1.165) is 36.6 Å². The van der Waals surface area contributed by atoms with Gasteiger partial charge in [0, 0.05) is 23.7 Å². The van der Waals surface area contributed by atoms with Gasteiger partial charge >= 0.3 is 5.97 Å². The number of para-hydroxylation sites is 1. The minimum Gasteiger partial charge on any atom is -0.512 e. The van der Waals surface area contributed by atoms with E-state index in [0.29, 0.717) is 42.5 Å². The molecule has 4 rings (SSSR count). The molecule has 8 heteroatoms. The second-order valence-electron chi connectivity index (χ2n) is 9.67. The quantitative estimate of drug-likeness (QED) is 0.280. The number of nitrogens with one attached hydrogen (secondary N) is 1. The zero-order valence-corrected chi connectivity index (χ0v) is 22.2. The summed E-state index contributed by atoms with van der Waals surface area (Å²) in [5.74, 6) is -0.279. The maximum atomic E-state index is 13.1. The van der Waals surface area contributed by atoms with E-state index in [4.69, 9.17) is 4.74 Å². The Kier molecular flexibility index (Phi) is 8.17. The standard InChI is InChI=1S/C29H34N2O5S/c1-3-16-29(17-4-2)20-25(32)24(28(33)36-29)14-6-10-21-9-5-13-23(19-21)31-37(34,35)26-15-7-11-22-12-8-18-30-27(22)26/h5,7-9,11-13,15,18-19,31-32H,3-4,6,10,14,16-17,20H2,1-2H3. The molecule has 1 aliphatic rings. The summed E-state index contributed by atoms with van der Waals surface area (Å²) >= 11 is 0. The van der Waals surface area contributed by atoms with E-state index in [1.807, 2.05) is 18.2 Å². The van der Waals surface area contributed by atoms with Gasteiger partial charge in [-0.3, -0.25) is 9.71 Å². The Balaban J connectivity index is 1.43. The van der Waals surface area contributed by atoms with Crippen LogP contribution in [0.25, 0.3) is 10.9 Å². The summed E-state index contributed by atoms with van der Waals surface area (Å²) in [6, 6.07) is 15.9. The molecule has 0 saturated carbocycles. The number of aliphatic hydroxyl groups excluding tert-OH is 1. The number of aryl methyl sites for hydroxylation is 1. The number of carbonyl (C=O) groups is 1. The van der Waals surface area contributed by atoms with E-state index in [2.05, 4.69) is 23.6 Å². The van der Waals surface area contributed by atoms with Crippen LogP contribution in [-0.2, 0) is 26.0 Å². The fourth-order valence-corrected chi connectivity index (χ4v) is 6.38. The van der Waals surface area contributed by atoms with Gasteiger partial charge in [-0.25, -0.2) is 13.2 Å². The Morgan fingerprint density at radius 1 is 1.03 bits per heavy atom. The Hall–Kier alpha value is -3.39. The highest BCUT2D eigenvalue weighted by Gasteiger charge is 2.40. The number of hydrogen-bond donors (Lipinski definition) is 2. The molecule has 3 aromatic rings. The molecule has 2 N–H and O–H groups in total. The summed E-state index contributed by atoms with van der Waals surface area (Å²) in [7, 11) is -3.84. The van der Waals surface area contributed by atoms with Crippen molar-refractivity contribution in [3.8, 4) is 0 Å². The summed E-state index contributed by atoms with van der Waals surface area (Å²) in [6.07, 6.45) is 6.82. The van der Waals surface area contributed by atoms with E-state index in [1.165, 1.54) is 0 Å². The number of sulfonamides is 1. The lowest BCUT2D eigenvalue weighted by molar-refractivity contribution is -0.161. The number of hydrogen-bond acceptors (Lipinski definition) is 6. The number of pyridine rings is 1. The highest BCUT2D eigenvalue weighted by atomic mass is 32.2. The van der Waals surface area contributed by atoms with Gasteiger partial charge in [0.05, 0.1) is 11.1 Å². The Labute approximate surface area is 218 Å². The number of ether oxygens (including phenoxy) is 1. The summed E-state index contributed by atoms with van der Waals surface area (Å²) < 4.78 is 34.8. The number of aromatic nitrogens is 1. The molecule has 1 aromatic heterocycles. The molecule has 0 aliphatic carbocycles. The van der Waals surface area contributed by atoms with Crippen molar-refractivity contribution in [1.29, 1.82) is 0 Å². The molecule has 0 amide bonds. The molecule has 37 heavy (non-hydrogen) atoms. The molecular weight excluding hydrogens is 488 g/mol. The zero-order valence-electron chi connectivity index (χ0n) is 21.4. The highest BCUT2D eigenvalue weighted by molar-refractivity contribution is 7.93. The van der Waals surface area contributed by atoms with Gasteiger partial charge in [0.15, 0.2) is 0 Å². The minimum atomic E-state index is -3.84. The lowest BCUT2D eigenvalue weighted by atomic mass is 9.84. The highest BCUT2D eigenvalue weighted by Crippen LogP contribution is 2.37. The second-order valence-corrected chi connectivity index (χ2v) is 11.3. The first-order chi connectivity index (χ1) is 17.8. The SMILES string of the molecule is CCCC1(CCC)CC(O)=C(CCCc2cccc(NS(=O)(=O)c3cccc4cccnc34)c2)C(=O)O1. The van der Waals surface area contributed by atoms with Crippen molar-refractivity contribution in [2.45, 2.75) is 75.7 Å². The second kappa shape index (κ2) is 11.3. The first-order valence-electron chi connectivity index (χ1n) is 12.9. The molecule has 0 radical (unpaired) electrons. The smallest absolute Gasteiger partial charge is 0.337 e. The van der Waals surface area contributed by atoms with Crippen molar-refractivity contribution in [3.05, 3.63) is 77.7 Å². The first-order valence-corrected chi connectivity index (χ1v) is 14.3. The average Bonchev–Trinajstić information content (AvgIpc) is 2.85. The molecule has 0 fully saturated rings. The van der Waals surface area contributed by atoms with Crippen molar-refractivity contribution >= 4 is 32.6 Å². The molecule has 0 saturated heterocycles. The zero-order chi connectivity index (χ0) is 26.5. The number of fused-ring (bicyclic) bond motifs is 1. The van der Waals surface area contributed by atoms with Crippen molar-refractivity contribution in [2.75, 3.05) is 4.72 Å². The number of nitrogens with zero attached hydrogens (tertiary/aromatic N) is 1. The van der Waals surface area contributed by atoms with Gasteiger partial charge in [0.2, 0.25) is 0 Å². The van der Waals surface area contributed by atoms with Crippen molar-refractivity contribution < 1.29 is 23.1 Å². The summed E-state index contributed by atoms with van der Waals surface area (Å²) in [5.41, 5.74) is 1.55. The van der Waals surface area contributed by atoms with E-state index in [1.54, 1.807) is 42.6 Å². The van der Waals surface area contributed by atoms with Gasteiger partial charge in [-0.05, 0) is 61.9 Å². The monoisotopic (exact) mass is 522 g/mol. The Morgan fingerprint density at radius 2 is 1.76 bits per heavy atom. The largest absolute Gasteiger partial charge is 0.512 e. The topological polar surface area (TPSA) is 106 Å². The lowest BCUT2D eigenvalue weighted by Crippen LogP contribution is -2.40. The predicted molar refractivity (Wildman–Crippen MR) is 145 cm³/mol. The van der Waals surface area contributed by atoms with Crippen LogP contribution in [0.4, 0.5) is 5.69 Å². The number of rotatable bonds is 11. The van der Waals surface area contributed by atoms with E-state index in [9.17, 15) is 18.3 Å². The van der Waals surface area contributed by atoms with Gasteiger partial charge in [-0.15, -0.1) is 0 Å². The number of aliphatic hydroxyl groups is 1. The number of esters is 1. The summed E-state index contributed by atoms with van der Waals surface area (Å²) in [5, 5.41) is 11.4. The van der Waals surface area contributed by atoms with Crippen LogP contribution in [0.5, 0.6) is 0 Å². The van der Waals surface area contributed by atoms with Crippen LogP contribution in [0.2, 0.25) is 0 Å². The van der Waals surface area contributed by atoms with Crippen molar-refractivity contribution in [1.82, 2.24) is 4.98 Å². The normalized spacial score (nSPS) is 15.6. The first kappa shape index (κ1) is 26.7. The third-order valence-electron chi connectivity index (χ3n) is 6.76. The third-order valence-corrected chi connectivity index (χ3v) is 8.17. The van der Waals surface area contributed by atoms with Crippen molar-refractivity contribution in [3.63, 3.8) is 0 Å². The average molecular weight is 523 g/mol. The Bertz CT molecular complexity index is 1400. The fourth-order valence-electron chi connectivity index (χ4n) is 5.15. The molecule has 196 valence electrons. The maximum Gasteiger partial charge on any atom is 0.337 e. The van der Waals surface area contributed by atoms with Crippen LogP contribution in [-0.4, -0.2) is 30.1 Å². The molecular formula is C29H34N2O5S. The van der Waals surface area contributed by atoms with Gasteiger partial charge < -0.3 is 9.84 Å².